The molecule has 204 valence electrons. The lowest BCUT2D eigenvalue weighted by atomic mass is 9.92. The maximum atomic E-state index is 13.3. The van der Waals surface area contributed by atoms with Crippen LogP contribution in [0.15, 0.2) is 54.6 Å². The number of aliphatic hydroxyl groups excluding tert-OH is 1. The number of fused-ring (bicyclic) bond motifs is 1. The highest BCUT2D eigenvalue weighted by Gasteiger charge is 2.37. The van der Waals surface area contributed by atoms with E-state index in [0.717, 1.165) is 37.0 Å². The highest BCUT2D eigenvalue weighted by atomic mass is 16.5. The minimum atomic E-state index is -0.871. The van der Waals surface area contributed by atoms with E-state index < -0.39 is 6.23 Å². The number of para-hydroxylation sites is 2. The van der Waals surface area contributed by atoms with Crippen molar-refractivity contribution in [3.8, 4) is 0 Å². The number of aromatic nitrogens is 2. The topological polar surface area (TPSA) is 82.9 Å². The van der Waals surface area contributed by atoms with Gasteiger partial charge in [-0.25, -0.2) is 4.98 Å². The summed E-state index contributed by atoms with van der Waals surface area (Å²) in [6, 6.07) is 18.6. The molecular weight excluding hydrogens is 478 g/mol. The number of rotatable bonds is 9. The monoisotopic (exact) mass is 519 g/mol. The van der Waals surface area contributed by atoms with Gasteiger partial charge in [0.2, 0.25) is 5.91 Å². The first kappa shape index (κ1) is 26.8. The SMILES string of the molecule is CC(C)CN(C(O)c1nc2ccccc2n1CCc1ccccc1)[C@@H]1CNCC(C(=O)N2CCOCC2)C1. The lowest BCUT2D eigenvalue weighted by Crippen LogP contribution is -2.55. The fourth-order valence-corrected chi connectivity index (χ4v) is 5.83. The summed E-state index contributed by atoms with van der Waals surface area (Å²) >= 11 is 0. The Morgan fingerprint density at radius 1 is 1.11 bits per heavy atom. The number of hydrogen-bond acceptors (Lipinski definition) is 6. The van der Waals surface area contributed by atoms with Crippen molar-refractivity contribution in [2.24, 2.45) is 11.8 Å². The van der Waals surface area contributed by atoms with E-state index in [4.69, 9.17) is 9.72 Å². The summed E-state index contributed by atoms with van der Waals surface area (Å²) in [6.07, 6.45) is 0.702. The van der Waals surface area contributed by atoms with Crippen molar-refractivity contribution in [1.82, 2.24) is 24.7 Å². The highest BCUT2D eigenvalue weighted by molar-refractivity contribution is 5.79. The first-order valence-corrected chi connectivity index (χ1v) is 14.0. The molecule has 2 unspecified atom stereocenters. The third kappa shape index (κ3) is 6.10. The van der Waals surface area contributed by atoms with Crippen molar-refractivity contribution in [3.05, 3.63) is 66.0 Å². The second-order valence-corrected chi connectivity index (χ2v) is 11.0. The van der Waals surface area contributed by atoms with Crippen molar-refractivity contribution in [3.63, 3.8) is 0 Å². The number of benzene rings is 2. The molecule has 1 aromatic heterocycles. The Balaban J connectivity index is 1.40. The van der Waals surface area contributed by atoms with Gasteiger partial charge in [-0.3, -0.25) is 9.69 Å². The third-order valence-corrected chi connectivity index (χ3v) is 7.74. The van der Waals surface area contributed by atoms with Crippen LogP contribution in [-0.4, -0.2) is 82.3 Å². The Morgan fingerprint density at radius 3 is 2.61 bits per heavy atom. The number of hydrogen-bond donors (Lipinski definition) is 2. The number of nitrogens with zero attached hydrogens (tertiary/aromatic N) is 4. The van der Waals surface area contributed by atoms with Gasteiger partial charge in [0.05, 0.1) is 30.2 Å². The van der Waals surface area contributed by atoms with Gasteiger partial charge < -0.3 is 24.6 Å². The summed E-state index contributed by atoms with van der Waals surface area (Å²) in [5.41, 5.74) is 3.18. The second kappa shape index (κ2) is 12.4. The molecule has 2 aliphatic heterocycles. The fourth-order valence-electron chi connectivity index (χ4n) is 5.83. The van der Waals surface area contributed by atoms with Gasteiger partial charge >= 0.3 is 0 Å². The molecule has 8 heteroatoms. The molecule has 0 radical (unpaired) electrons. The van der Waals surface area contributed by atoms with Crippen LogP contribution in [0.5, 0.6) is 0 Å². The molecule has 1 amide bonds. The van der Waals surface area contributed by atoms with Crippen molar-refractivity contribution < 1.29 is 14.6 Å². The molecule has 2 aromatic carbocycles. The molecule has 2 N–H and O–H groups in total. The zero-order valence-electron chi connectivity index (χ0n) is 22.6. The van der Waals surface area contributed by atoms with Crippen LogP contribution in [0.1, 0.15) is 37.9 Å². The molecule has 3 atom stereocenters. The van der Waals surface area contributed by atoms with Crippen molar-refractivity contribution >= 4 is 16.9 Å². The zero-order valence-corrected chi connectivity index (χ0v) is 22.6. The molecule has 2 saturated heterocycles. The Morgan fingerprint density at radius 2 is 1.84 bits per heavy atom. The number of aryl methyl sites for hydroxylation is 2. The summed E-state index contributed by atoms with van der Waals surface area (Å²) < 4.78 is 7.62. The number of nitrogens with one attached hydrogen (secondary N) is 1. The molecule has 5 rings (SSSR count). The van der Waals surface area contributed by atoms with E-state index in [9.17, 15) is 9.90 Å². The van der Waals surface area contributed by atoms with Crippen molar-refractivity contribution in [2.75, 3.05) is 45.9 Å². The number of imidazole rings is 1. The third-order valence-electron chi connectivity index (χ3n) is 7.74. The van der Waals surface area contributed by atoms with E-state index in [1.165, 1.54) is 5.56 Å². The maximum Gasteiger partial charge on any atom is 0.227 e. The van der Waals surface area contributed by atoms with Crippen molar-refractivity contribution in [1.29, 1.82) is 0 Å². The molecule has 8 nitrogen and oxygen atoms in total. The van der Waals surface area contributed by atoms with E-state index in [0.29, 0.717) is 51.1 Å². The quantitative estimate of drug-likeness (QED) is 0.423. The molecule has 2 aliphatic rings. The number of aliphatic hydroxyl groups is 1. The van der Waals surface area contributed by atoms with Gasteiger partial charge in [-0.15, -0.1) is 0 Å². The fraction of sp³-hybridized carbons (Fsp3) is 0.533. The predicted octanol–water partition coefficient (Wildman–Crippen LogP) is 3.06. The van der Waals surface area contributed by atoms with Gasteiger partial charge in [0.25, 0.3) is 0 Å². The molecule has 38 heavy (non-hydrogen) atoms. The molecule has 3 heterocycles. The van der Waals surface area contributed by atoms with E-state index in [2.05, 4.69) is 59.0 Å². The maximum absolute atomic E-state index is 13.3. The molecule has 0 spiro atoms. The van der Waals surface area contributed by atoms with Crippen LogP contribution in [0.2, 0.25) is 0 Å². The highest BCUT2D eigenvalue weighted by Crippen LogP contribution is 2.29. The number of piperidine rings is 1. The average molecular weight is 520 g/mol. The molecule has 0 saturated carbocycles. The van der Waals surface area contributed by atoms with E-state index >= 15 is 0 Å². The van der Waals surface area contributed by atoms with Gasteiger partial charge in [0.15, 0.2) is 12.1 Å². The van der Waals surface area contributed by atoms with E-state index in [-0.39, 0.29) is 17.9 Å². The van der Waals surface area contributed by atoms with Gasteiger partial charge in [0, 0.05) is 45.3 Å². The van der Waals surface area contributed by atoms with Crippen molar-refractivity contribution in [2.45, 2.75) is 45.5 Å². The Kier molecular flexibility index (Phi) is 8.74. The Bertz CT molecular complexity index is 1190. The van der Waals surface area contributed by atoms with Gasteiger partial charge in [-0.2, -0.15) is 0 Å². The Labute approximate surface area is 225 Å². The lowest BCUT2D eigenvalue weighted by Gasteiger charge is -2.41. The summed E-state index contributed by atoms with van der Waals surface area (Å²) in [6.45, 7) is 9.72. The summed E-state index contributed by atoms with van der Waals surface area (Å²) in [5, 5.41) is 15.4. The second-order valence-electron chi connectivity index (χ2n) is 11.0. The van der Waals surface area contributed by atoms with Gasteiger partial charge in [-0.1, -0.05) is 56.3 Å². The van der Waals surface area contributed by atoms with Crippen LogP contribution in [-0.2, 0) is 22.5 Å². The van der Waals surface area contributed by atoms with Crippen LogP contribution in [0.25, 0.3) is 11.0 Å². The molecule has 0 aliphatic carbocycles. The van der Waals surface area contributed by atoms with Crippen LogP contribution in [0, 0.1) is 11.8 Å². The molecular formula is C30H41N5O3. The zero-order chi connectivity index (χ0) is 26.5. The van der Waals surface area contributed by atoms with Crippen LogP contribution in [0.3, 0.4) is 0 Å². The standard InChI is InChI=1S/C30H41N5O3/c1-22(2)21-35(25-18-24(19-31-20-25)29(36)33-14-16-38-17-15-33)30(37)28-32-26-10-6-7-11-27(26)34(28)13-12-23-8-4-3-5-9-23/h3-11,22,24-25,30-31,37H,12-21H2,1-2H3/t24?,25-,30?/m0/s1. The molecule has 2 fully saturated rings. The normalized spacial score (nSPS) is 21.3. The number of carbonyl (C=O) groups is 1. The molecule has 0 bridgehead atoms. The smallest absolute Gasteiger partial charge is 0.227 e. The van der Waals surface area contributed by atoms with E-state index in [1.54, 1.807) is 0 Å². The van der Waals surface area contributed by atoms with Crippen LogP contribution >= 0.6 is 0 Å². The number of morpholine rings is 1. The lowest BCUT2D eigenvalue weighted by molar-refractivity contribution is -0.141. The van der Waals surface area contributed by atoms with E-state index in [1.807, 2.05) is 29.2 Å². The summed E-state index contributed by atoms with van der Waals surface area (Å²) in [5.74, 6) is 1.11. The minimum absolute atomic E-state index is 0.0264. The minimum Gasteiger partial charge on any atom is -0.378 e. The average Bonchev–Trinajstić information content (AvgIpc) is 3.33. The first-order chi connectivity index (χ1) is 18.5. The number of carbonyl (C=O) groups excluding carboxylic acids is 1. The summed E-state index contributed by atoms with van der Waals surface area (Å²) in [4.78, 5) is 22.3. The van der Waals surface area contributed by atoms with Gasteiger partial charge in [-0.05, 0) is 36.5 Å². The number of ether oxygens (including phenoxy) is 1. The van der Waals surface area contributed by atoms with Gasteiger partial charge in [0.1, 0.15) is 0 Å². The van der Waals surface area contributed by atoms with Crippen LogP contribution < -0.4 is 5.32 Å². The largest absolute Gasteiger partial charge is 0.378 e. The Hall–Kier alpha value is -2.78. The predicted molar refractivity (Wildman–Crippen MR) is 149 cm³/mol. The number of amides is 1. The molecule has 3 aromatic rings. The summed E-state index contributed by atoms with van der Waals surface area (Å²) in [7, 11) is 0. The van der Waals surface area contributed by atoms with Crippen LogP contribution in [0.4, 0.5) is 0 Å². The first-order valence-electron chi connectivity index (χ1n) is 14.0.